The van der Waals surface area contributed by atoms with Crippen LogP contribution in [0.15, 0.2) is 414 Å². The molecule has 121 heavy (non-hydrogen) atoms. The minimum Gasteiger partial charge on any atom is -0.507 e. The number of furan rings is 3. The van der Waals surface area contributed by atoms with Gasteiger partial charge in [0.1, 0.15) is 39.2 Å². The second-order valence-electron chi connectivity index (χ2n) is 32.1. The molecule has 19 aromatic carbocycles. The molecule has 0 saturated heterocycles. The summed E-state index contributed by atoms with van der Waals surface area (Å²) in [6.07, 6.45) is 0. The SMILES string of the molecule is Oc1c(-c2ccccc2)cccc1-c1cccc(-c2cccc3c2oc2ccccc23)c1N1c2cc(-n3c4ccccc4c4ccccc43)ccc2B2c3ccc(-n4c5ccccc5c5ccccc54)cc3N(c3c(-c4cccc5c4oc4ccccc45)cccc3-c3cccc4c3oc3ccccc34)c3cc(-c4ccc5ccccc5c4)cc1c32. The van der Waals surface area contributed by atoms with E-state index in [4.69, 9.17) is 13.3 Å². The van der Waals surface area contributed by atoms with Gasteiger partial charge < -0.3 is 37.3 Å². The lowest BCUT2D eigenvalue weighted by molar-refractivity contribution is 0.479. The molecule has 0 bridgehead atoms. The van der Waals surface area contributed by atoms with Crippen LogP contribution in [0.25, 0.3) is 198 Å². The molecular weight excluding hydrogens is 1480 g/mol. The molecule has 0 saturated carbocycles. The first-order valence-electron chi connectivity index (χ1n) is 41.4. The highest BCUT2D eigenvalue weighted by Gasteiger charge is 2.47. The Labute approximate surface area is 694 Å². The molecule has 0 fully saturated rings. The lowest BCUT2D eigenvalue weighted by Crippen LogP contribution is -2.61. The van der Waals surface area contributed by atoms with Crippen molar-refractivity contribution in [2.45, 2.75) is 0 Å². The lowest BCUT2D eigenvalue weighted by atomic mass is 9.33. The average Bonchev–Trinajstić information content (AvgIpc) is 0.761. The third-order valence-corrected chi connectivity index (χ3v) is 25.8. The van der Waals surface area contributed by atoms with Gasteiger partial charge in [-0.2, -0.15) is 0 Å². The Kier molecular flexibility index (Phi) is 14.4. The van der Waals surface area contributed by atoms with Crippen molar-refractivity contribution in [3.8, 4) is 83.9 Å². The summed E-state index contributed by atoms with van der Waals surface area (Å²) in [5.74, 6) is 0.164. The van der Waals surface area contributed by atoms with Gasteiger partial charge in [-0.1, -0.05) is 315 Å². The fraction of sp³-hybridized carbons (Fsp3) is 0. The molecule has 0 spiro atoms. The van der Waals surface area contributed by atoms with Crippen molar-refractivity contribution in [1.82, 2.24) is 9.13 Å². The van der Waals surface area contributed by atoms with Crippen molar-refractivity contribution >= 4 is 177 Å². The number of aromatic hydroxyl groups is 1. The van der Waals surface area contributed by atoms with Crippen LogP contribution in [0.4, 0.5) is 34.1 Å². The molecule has 0 aliphatic carbocycles. The number of rotatable bonds is 10. The highest BCUT2D eigenvalue weighted by molar-refractivity contribution is 7.00. The number of phenols is 1. The van der Waals surface area contributed by atoms with Gasteiger partial charge in [-0.25, -0.2) is 0 Å². The average molecular weight is 1540 g/mol. The van der Waals surface area contributed by atoms with Crippen molar-refractivity contribution in [3.05, 3.63) is 400 Å². The largest absolute Gasteiger partial charge is 0.507 e. The molecule has 2 aliphatic heterocycles. The molecule has 7 heterocycles. The quantitative estimate of drug-likeness (QED) is 0.138. The molecule has 9 heteroatoms. The van der Waals surface area contributed by atoms with Crippen molar-refractivity contribution in [2.24, 2.45) is 0 Å². The first-order valence-corrected chi connectivity index (χ1v) is 41.4. The maximum atomic E-state index is 13.7. The van der Waals surface area contributed by atoms with Crippen LogP contribution < -0.4 is 26.2 Å². The Bertz CT molecular complexity index is 8310. The van der Waals surface area contributed by atoms with E-state index in [1.165, 1.54) is 10.8 Å². The zero-order chi connectivity index (χ0) is 79.2. The lowest BCUT2D eigenvalue weighted by Gasteiger charge is -2.46. The van der Waals surface area contributed by atoms with Crippen LogP contribution in [0.5, 0.6) is 5.75 Å². The van der Waals surface area contributed by atoms with Gasteiger partial charge in [-0.3, -0.25) is 0 Å². The van der Waals surface area contributed by atoms with Crippen LogP contribution in [-0.4, -0.2) is 21.0 Å². The van der Waals surface area contributed by atoms with Crippen LogP contribution in [0.1, 0.15) is 0 Å². The number of fused-ring (bicyclic) bond motifs is 20. The standard InChI is InChI=1S/C112H67BN4O4/c118-109-74(68-27-2-1-3-28-68)37-20-42-86(109)82-38-21-39-83(90-46-23-43-87-79-34-10-17-53-103(79)119-110(87)90)107(82)116-99-65-72(114-95-49-13-6-30-75(95)76-31-7-14-50-96(76)114)58-60-93(99)113-94-61-59-73(115-97-51-15-8-32-77(97)78-33-9-16-52-98(78)115)66-100(94)117(102-64-71(63-101(116)106(102)113)70-57-56-67-26-4-5-29-69(67)62-70)108-84(91-47-24-44-88-80-35-11-18-54-104(80)120-111(88)91)40-22-41-85(108)92-48-25-45-89-81-36-12-19-55-105(81)121-112(89)92/h1-66,118H. The molecule has 26 rings (SSSR count). The van der Waals surface area contributed by atoms with E-state index in [0.717, 1.165) is 233 Å². The molecular formula is C112H67BN4O4. The predicted octanol–water partition coefficient (Wildman–Crippen LogP) is 28.5. The van der Waals surface area contributed by atoms with Crippen LogP contribution in [0, 0.1) is 0 Å². The Morgan fingerprint density at radius 3 is 1.02 bits per heavy atom. The number of benzene rings is 19. The van der Waals surface area contributed by atoms with E-state index in [-0.39, 0.29) is 5.75 Å². The summed E-state index contributed by atoms with van der Waals surface area (Å²) in [4.78, 5) is 5.22. The van der Waals surface area contributed by atoms with Gasteiger partial charge in [0.15, 0.2) is 0 Å². The van der Waals surface area contributed by atoms with Crippen molar-refractivity contribution in [2.75, 3.05) is 9.80 Å². The van der Waals surface area contributed by atoms with Crippen LogP contribution in [0.2, 0.25) is 0 Å². The fourth-order valence-electron chi connectivity index (χ4n) is 20.6. The van der Waals surface area contributed by atoms with Gasteiger partial charge in [0.2, 0.25) is 0 Å². The highest BCUT2D eigenvalue weighted by atomic mass is 16.3. The molecule has 8 nitrogen and oxygen atoms in total. The van der Waals surface area contributed by atoms with Crippen molar-refractivity contribution < 1.29 is 18.4 Å². The summed E-state index contributed by atoms with van der Waals surface area (Å²) in [6, 6.07) is 145. The highest BCUT2D eigenvalue weighted by Crippen LogP contribution is 2.58. The minimum absolute atomic E-state index is 0.164. The molecule has 0 amide bonds. The van der Waals surface area contributed by atoms with E-state index < -0.39 is 6.71 Å². The maximum Gasteiger partial charge on any atom is 0.252 e. The molecule has 2 aliphatic rings. The molecule has 0 unspecified atom stereocenters. The monoisotopic (exact) mass is 1540 g/mol. The number of aromatic nitrogens is 2. The van der Waals surface area contributed by atoms with Crippen LogP contribution in [-0.2, 0) is 0 Å². The first kappa shape index (κ1) is 67.1. The topological polar surface area (TPSA) is 76.0 Å². The Hall–Kier alpha value is -16.1. The molecule has 5 aromatic heterocycles. The van der Waals surface area contributed by atoms with Gasteiger partial charge in [0.05, 0.1) is 33.4 Å². The van der Waals surface area contributed by atoms with Crippen molar-refractivity contribution in [3.63, 3.8) is 0 Å². The molecule has 562 valence electrons. The second-order valence-corrected chi connectivity index (χ2v) is 32.1. The number of para-hydroxylation sites is 13. The van der Waals surface area contributed by atoms with Gasteiger partial charge in [-0.15, -0.1) is 0 Å². The Morgan fingerprint density at radius 2 is 0.570 bits per heavy atom. The molecule has 0 atom stereocenters. The number of nitrogens with zero attached hydrogens (tertiary/aromatic N) is 4. The smallest absolute Gasteiger partial charge is 0.252 e. The Balaban J connectivity index is 0.860. The third kappa shape index (κ3) is 9.85. The summed E-state index contributed by atoms with van der Waals surface area (Å²) in [6.45, 7) is -0.440. The number of hydrogen-bond acceptors (Lipinski definition) is 6. The minimum atomic E-state index is -0.440. The van der Waals surface area contributed by atoms with Gasteiger partial charge in [0, 0.05) is 138 Å². The van der Waals surface area contributed by atoms with E-state index in [9.17, 15) is 5.11 Å². The molecule has 0 radical (unpaired) electrons. The zero-order valence-electron chi connectivity index (χ0n) is 65.1. The number of anilines is 6. The number of phenolic OH excluding ortho intramolecular Hbond substituents is 1. The fourth-order valence-corrected chi connectivity index (χ4v) is 20.6. The second kappa shape index (κ2) is 26.0. The zero-order valence-corrected chi connectivity index (χ0v) is 65.1. The van der Waals surface area contributed by atoms with Gasteiger partial charge >= 0.3 is 0 Å². The maximum absolute atomic E-state index is 13.7. The van der Waals surface area contributed by atoms with E-state index in [0.29, 0.717) is 5.56 Å². The summed E-state index contributed by atoms with van der Waals surface area (Å²) in [5.41, 5.74) is 30.7. The summed E-state index contributed by atoms with van der Waals surface area (Å²) in [7, 11) is 0. The van der Waals surface area contributed by atoms with Gasteiger partial charge in [0.25, 0.3) is 6.71 Å². The van der Waals surface area contributed by atoms with Crippen LogP contribution >= 0.6 is 0 Å². The van der Waals surface area contributed by atoms with Gasteiger partial charge in [-0.05, 0) is 129 Å². The molecule has 1 N–H and O–H groups in total. The third-order valence-electron chi connectivity index (χ3n) is 25.8. The summed E-state index contributed by atoms with van der Waals surface area (Å²) in [5, 5.41) is 26.8. The predicted molar refractivity (Wildman–Crippen MR) is 503 cm³/mol. The van der Waals surface area contributed by atoms with Crippen LogP contribution in [0.3, 0.4) is 0 Å². The summed E-state index contributed by atoms with van der Waals surface area (Å²) < 4.78 is 26.8. The number of hydrogen-bond donors (Lipinski definition) is 1. The van der Waals surface area contributed by atoms with E-state index >= 15 is 0 Å². The van der Waals surface area contributed by atoms with E-state index in [2.05, 4.69) is 389 Å². The van der Waals surface area contributed by atoms with Crippen molar-refractivity contribution in [1.29, 1.82) is 0 Å². The summed E-state index contributed by atoms with van der Waals surface area (Å²) >= 11 is 0. The van der Waals surface area contributed by atoms with E-state index in [1.54, 1.807) is 0 Å². The van der Waals surface area contributed by atoms with E-state index in [1.807, 2.05) is 30.3 Å². The first-order chi connectivity index (χ1) is 60.0. The normalized spacial score (nSPS) is 12.6. The molecule has 24 aromatic rings. The Morgan fingerprint density at radius 1 is 0.223 bits per heavy atom.